The molecular weight excluding hydrogens is 286 g/mol. The molecule has 2 aromatic heterocycles. The molecule has 2 heterocycles. The molecule has 3 rings (SSSR count). The lowest BCUT2D eigenvalue weighted by Crippen LogP contribution is -2.06. The van der Waals surface area contributed by atoms with Crippen LogP contribution in [-0.4, -0.2) is 15.0 Å². The Morgan fingerprint density at radius 3 is 2.48 bits per heavy atom. The number of rotatable bonds is 6. The molecule has 0 radical (unpaired) electrons. The summed E-state index contributed by atoms with van der Waals surface area (Å²) in [5, 5.41) is 6.52. The molecule has 0 unspecified atom stereocenters. The van der Waals surface area contributed by atoms with Crippen LogP contribution >= 0.6 is 0 Å². The summed E-state index contributed by atoms with van der Waals surface area (Å²) >= 11 is 0. The Hall–Kier alpha value is -2.95. The summed E-state index contributed by atoms with van der Waals surface area (Å²) < 4.78 is 0. The number of benzene rings is 1. The van der Waals surface area contributed by atoms with Gasteiger partial charge in [-0.25, -0.2) is 4.98 Å². The van der Waals surface area contributed by atoms with E-state index >= 15 is 0 Å². The molecule has 2 N–H and O–H groups in total. The Labute approximate surface area is 135 Å². The van der Waals surface area contributed by atoms with Crippen LogP contribution in [0.25, 0.3) is 0 Å². The Bertz CT molecular complexity index is 741. The SMILES string of the molecule is Cc1ccc(CNc2nccc(NCc3cccnc3)n2)cc1. The monoisotopic (exact) mass is 305 g/mol. The second kappa shape index (κ2) is 7.35. The molecular formula is C18H19N5. The van der Waals surface area contributed by atoms with Gasteiger partial charge in [0.2, 0.25) is 5.95 Å². The largest absolute Gasteiger partial charge is 0.366 e. The molecule has 0 amide bonds. The lowest BCUT2D eigenvalue weighted by molar-refractivity contribution is 1.03. The minimum absolute atomic E-state index is 0.613. The van der Waals surface area contributed by atoms with Gasteiger partial charge in [-0.15, -0.1) is 0 Å². The van der Waals surface area contributed by atoms with Crippen LogP contribution < -0.4 is 10.6 Å². The first kappa shape index (κ1) is 15.0. The topological polar surface area (TPSA) is 62.7 Å². The molecule has 0 saturated carbocycles. The van der Waals surface area contributed by atoms with Gasteiger partial charge < -0.3 is 10.6 Å². The number of nitrogens with zero attached hydrogens (tertiary/aromatic N) is 3. The van der Waals surface area contributed by atoms with Crippen molar-refractivity contribution in [3.63, 3.8) is 0 Å². The van der Waals surface area contributed by atoms with E-state index in [1.807, 2.05) is 24.4 Å². The standard InChI is InChI=1S/C18H19N5/c1-14-4-6-15(7-5-14)12-22-18-20-10-8-17(23-18)21-13-16-3-2-9-19-11-16/h2-11H,12-13H2,1H3,(H2,20,21,22,23). The summed E-state index contributed by atoms with van der Waals surface area (Å²) in [7, 11) is 0. The van der Waals surface area contributed by atoms with Gasteiger partial charge in [0.1, 0.15) is 5.82 Å². The van der Waals surface area contributed by atoms with Crippen molar-refractivity contribution in [2.24, 2.45) is 0 Å². The number of pyridine rings is 1. The average molecular weight is 305 g/mol. The third kappa shape index (κ3) is 4.51. The molecule has 0 aliphatic carbocycles. The zero-order chi connectivity index (χ0) is 15.9. The minimum atomic E-state index is 0.613. The van der Waals surface area contributed by atoms with E-state index in [1.165, 1.54) is 11.1 Å². The molecule has 0 aliphatic heterocycles. The van der Waals surface area contributed by atoms with Crippen molar-refractivity contribution in [2.45, 2.75) is 20.0 Å². The first-order valence-electron chi connectivity index (χ1n) is 7.55. The van der Waals surface area contributed by atoms with Crippen LogP contribution in [0.1, 0.15) is 16.7 Å². The highest BCUT2D eigenvalue weighted by atomic mass is 15.1. The van der Waals surface area contributed by atoms with E-state index in [4.69, 9.17) is 0 Å². The molecule has 1 aromatic carbocycles. The second-order valence-electron chi connectivity index (χ2n) is 5.32. The maximum Gasteiger partial charge on any atom is 0.224 e. The fourth-order valence-electron chi connectivity index (χ4n) is 2.12. The Morgan fingerprint density at radius 2 is 1.70 bits per heavy atom. The van der Waals surface area contributed by atoms with Crippen molar-refractivity contribution in [1.29, 1.82) is 0 Å². The molecule has 0 bridgehead atoms. The molecule has 0 saturated heterocycles. The van der Waals surface area contributed by atoms with Crippen molar-refractivity contribution in [3.05, 3.63) is 77.7 Å². The first-order valence-corrected chi connectivity index (χ1v) is 7.55. The highest BCUT2D eigenvalue weighted by molar-refractivity contribution is 5.40. The van der Waals surface area contributed by atoms with Crippen LogP contribution in [0.15, 0.2) is 61.1 Å². The number of hydrogen-bond donors (Lipinski definition) is 2. The van der Waals surface area contributed by atoms with Gasteiger partial charge in [-0.05, 0) is 30.2 Å². The third-order valence-electron chi connectivity index (χ3n) is 3.42. The normalized spacial score (nSPS) is 10.3. The van der Waals surface area contributed by atoms with Gasteiger partial charge >= 0.3 is 0 Å². The number of aromatic nitrogens is 3. The maximum atomic E-state index is 4.47. The van der Waals surface area contributed by atoms with Gasteiger partial charge in [0.15, 0.2) is 0 Å². The van der Waals surface area contributed by atoms with E-state index in [2.05, 4.69) is 56.8 Å². The summed E-state index contributed by atoms with van der Waals surface area (Å²) in [6.07, 6.45) is 5.35. The maximum absolute atomic E-state index is 4.47. The molecule has 3 aromatic rings. The smallest absolute Gasteiger partial charge is 0.224 e. The summed E-state index contributed by atoms with van der Waals surface area (Å²) in [6.45, 7) is 3.46. The molecule has 116 valence electrons. The third-order valence-corrected chi connectivity index (χ3v) is 3.42. The van der Waals surface area contributed by atoms with Crippen molar-refractivity contribution in [2.75, 3.05) is 10.6 Å². The average Bonchev–Trinajstić information content (AvgIpc) is 2.61. The van der Waals surface area contributed by atoms with Gasteiger partial charge in [-0.3, -0.25) is 4.98 Å². The van der Waals surface area contributed by atoms with E-state index in [0.717, 1.165) is 11.4 Å². The highest BCUT2D eigenvalue weighted by Crippen LogP contribution is 2.10. The Morgan fingerprint density at radius 1 is 0.870 bits per heavy atom. The van der Waals surface area contributed by atoms with Crippen LogP contribution in [0.4, 0.5) is 11.8 Å². The number of hydrogen-bond acceptors (Lipinski definition) is 5. The fourth-order valence-corrected chi connectivity index (χ4v) is 2.12. The van der Waals surface area contributed by atoms with Crippen LogP contribution in [0.3, 0.4) is 0 Å². The van der Waals surface area contributed by atoms with Crippen LogP contribution in [-0.2, 0) is 13.1 Å². The number of nitrogens with one attached hydrogen (secondary N) is 2. The van der Waals surface area contributed by atoms with Crippen molar-refractivity contribution in [1.82, 2.24) is 15.0 Å². The lowest BCUT2D eigenvalue weighted by atomic mass is 10.1. The van der Waals surface area contributed by atoms with Crippen LogP contribution in [0.5, 0.6) is 0 Å². The first-order chi connectivity index (χ1) is 11.3. The summed E-state index contributed by atoms with van der Waals surface area (Å²) in [5.41, 5.74) is 3.57. The van der Waals surface area contributed by atoms with E-state index in [1.54, 1.807) is 12.4 Å². The van der Waals surface area contributed by atoms with E-state index < -0.39 is 0 Å². The van der Waals surface area contributed by atoms with Gasteiger partial charge in [0.25, 0.3) is 0 Å². The minimum Gasteiger partial charge on any atom is -0.366 e. The highest BCUT2D eigenvalue weighted by Gasteiger charge is 2.00. The van der Waals surface area contributed by atoms with Crippen LogP contribution in [0, 0.1) is 6.92 Å². The number of aryl methyl sites for hydroxylation is 1. The van der Waals surface area contributed by atoms with Crippen molar-refractivity contribution < 1.29 is 0 Å². The summed E-state index contributed by atoms with van der Waals surface area (Å²) in [6, 6.07) is 14.2. The van der Waals surface area contributed by atoms with E-state index in [0.29, 0.717) is 19.0 Å². The number of anilines is 2. The van der Waals surface area contributed by atoms with Gasteiger partial charge in [-0.2, -0.15) is 4.98 Å². The Balaban J connectivity index is 1.57. The van der Waals surface area contributed by atoms with Gasteiger partial charge in [-0.1, -0.05) is 35.9 Å². The molecule has 5 heteroatoms. The van der Waals surface area contributed by atoms with Crippen LogP contribution in [0.2, 0.25) is 0 Å². The molecule has 0 aliphatic rings. The van der Waals surface area contributed by atoms with Gasteiger partial charge in [0.05, 0.1) is 0 Å². The van der Waals surface area contributed by atoms with Gasteiger partial charge in [0, 0.05) is 31.7 Å². The summed E-state index contributed by atoms with van der Waals surface area (Å²) in [4.78, 5) is 12.8. The zero-order valence-electron chi connectivity index (χ0n) is 13.0. The summed E-state index contributed by atoms with van der Waals surface area (Å²) in [5.74, 6) is 1.40. The van der Waals surface area contributed by atoms with Crippen molar-refractivity contribution >= 4 is 11.8 Å². The predicted molar refractivity (Wildman–Crippen MR) is 92.1 cm³/mol. The molecule has 0 spiro atoms. The van der Waals surface area contributed by atoms with Crippen molar-refractivity contribution in [3.8, 4) is 0 Å². The quantitative estimate of drug-likeness (QED) is 0.731. The molecule has 23 heavy (non-hydrogen) atoms. The van der Waals surface area contributed by atoms with E-state index in [-0.39, 0.29) is 0 Å². The zero-order valence-corrected chi connectivity index (χ0v) is 13.0. The molecule has 0 fully saturated rings. The lowest BCUT2D eigenvalue weighted by Gasteiger charge is -2.08. The second-order valence-corrected chi connectivity index (χ2v) is 5.32. The predicted octanol–water partition coefficient (Wildman–Crippen LogP) is 3.40. The molecule has 0 atom stereocenters. The Kier molecular flexibility index (Phi) is 4.79. The molecule has 5 nitrogen and oxygen atoms in total. The fraction of sp³-hybridized carbons (Fsp3) is 0.167. The van der Waals surface area contributed by atoms with E-state index in [9.17, 15) is 0 Å².